The molecule has 164 valence electrons. The molecule has 1 fully saturated rings. The Bertz CT molecular complexity index is 1030. The molecule has 0 spiro atoms. The fourth-order valence-corrected chi connectivity index (χ4v) is 5.53. The summed E-state index contributed by atoms with van der Waals surface area (Å²) in [6.45, 7) is 8.12. The first-order chi connectivity index (χ1) is 14.0. The number of amides is 1. The van der Waals surface area contributed by atoms with Crippen molar-refractivity contribution in [2.45, 2.75) is 57.1 Å². The molecule has 0 aliphatic carbocycles. The van der Waals surface area contributed by atoms with Crippen LogP contribution in [0.5, 0.6) is 0 Å². The Morgan fingerprint density at radius 3 is 2.60 bits per heavy atom. The van der Waals surface area contributed by atoms with Crippen molar-refractivity contribution < 1.29 is 22.3 Å². The number of hydrogen-bond acceptors (Lipinski definition) is 5. The molecule has 0 bridgehead atoms. The number of carbonyl (C=O) groups is 1. The van der Waals surface area contributed by atoms with Gasteiger partial charge in [0.05, 0.1) is 11.1 Å². The molecule has 0 unspecified atom stereocenters. The minimum Gasteiger partial charge on any atom is -0.444 e. The van der Waals surface area contributed by atoms with E-state index < -0.39 is 33.6 Å². The molecule has 1 amide bonds. The van der Waals surface area contributed by atoms with E-state index >= 15 is 0 Å². The summed E-state index contributed by atoms with van der Waals surface area (Å²) in [7, 11) is -4.00. The molecule has 1 aromatic heterocycles. The van der Waals surface area contributed by atoms with E-state index in [0.29, 0.717) is 31.3 Å². The largest absolute Gasteiger partial charge is 0.444 e. The molecule has 1 aliphatic rings. The number of aromatic nitrogens is 1. The van der Waals surface area contributed by atoms with Crippen LogP contribution in [0.15, 0.2) is 35.5 Å². The number of hydrogen-bond donors (Lipinski definition) is 0. The summed E-state index contributed by atoms with van der Waals surface area (Å²) in [5.74, 6) is -0.679. The first-order valence-corrected chi connectivity index (χ1v) is 11.5. The highest BCUT2D eigenvalue weighted by Gasteiger charge is 2.34. The van der Waals surface area contributed by atoms with E-state index in [1.165, 1.54) is 16.6 Å². The molecule has 0 N–H and O–H groups in total. The van der Waals surface area contributed by atoms with Gasteiger partial charge >= 0.3 is 6.09 Å². The number of benzene rings is 1. The molecule has 1 aliphatic heterocycles. The van der Waals surface area contributed by atoms with Crippen molar-refractivity contribution in [2.24, 2.45) is 0 Å². The monoisotopic (exact) mass is 437 g/mol. The SMILES string of the molecule is C[C@H]1CN(C(=O)OC(C)(C)C)CCCCN1S(=O)(=O)c1cccc2cncc(F)c12. The van der Waals surface area contributed by atoms with Crippen molar-refractivity contribution in [3.8, 4) is 0 Å². The van der Waals surface area contributed by atoms with Gasteiger partial charge in [-0.25, -0.2) is 17.6 Å². The number of sulfonamides is 1. The number of ether oxygens (including phenoxy) is 1. The van der Waals surface area contributed by atoms with Gasteiger partial charge in [-0.15, -0.1) is 0 Å². The van der Waals surface area contributed by atoms with E-state index in [4.69, 9.17) is 4.74 Å². The van der Waals surface area contributed by atoms with Gasteiger partial charge in [-0.05, 0) is 46.6 Å². The second-order valence-corrected chi connectivity index (χ2v) is 10.4. The molecule has 9 heteroatoms. The van der Waals surface area contributed by atoms with Gasteiger partial charge in [0.2, 0.25) is 10.0 Å². The second-order valence-electron chi connectivity index (χ2n) is 8.57. The topological polar surface area (TPSA) is 79.8 Å². The predicted octanol–water partition coefficient (Wildman–Crippen LogP) is 3.78. The molecule has 2 aromatic rings. The van der Waals surface area contributed by atoms with Gasteiger partial charge in [0.15, 0.2) is 5.82 Å². The second kappa shape index (κ2) is 8.47. The number of fused-ring (bicyclic) bond motifs is 1. The van der Waals surface area contributed by atoms with E-state index in [9.17, 15) is 17.6 Å². The Labute approximate surface area is 176 Å². The van der Waals surface area contributed by atoms with E-state index in [1.54, 1.807) is 44.7 Å². The van der Waals surface area contributed by atoms with Crippen LogP contribution in [0.3, 0.4) is 0 Å². The molecular formula is C21H28FN3O4S. The lowest BCUT2D eigenvalue weighted by Crippen LogP contribution is -2.50. The van der Waals surface area contributed by atoms with Crippen LogP contribution in [0.2, 0.25) is 0 Å². The van der Waals surface area contributed by atoms with E-state index in [1.807, 2.05) is 0 Å². The van der Waals surface area contributed by atoms with Crippen LogP contribution in [0.1, 0.15) is 40.5 Å². The maximum absolute atomic E-state index is 14.5. The van der Waals surface area contributed by atoms with Crippen molar-refractivity contribution in [2.75, 3.05) is 19.6 Å². The fraction of sp³-hybridized carbons (Fsp3) is 0.524. The molecule has 0 saturated carbocycles. The minimum absolute atomic E-state index is 0.0331. The van der Waals surface area contributed by atoms with Crippen LogP contribution < -0.4 is 0 Å². The summed E-state index contributed by atoms with van der Waals surface area (Å²) in [6, 6.07) is 4.13. The maximum Gasteiger partial charge on any atom is 0.410 e. The molecule has 3 rings (SSSR count). The smallest absolute Gasteiger partial charge is 0.410 e. The van der Waals surface area contributed by atoms with Gasteiger partial charge < -0.3 is 9.64 Å². The Kier molecular flexibility index (Phi) is 6.33. The summed E-state index contributed by atoms with van der Waals surface area (Å²) in [5.41, 5.74) is -0.636. The van der Waals surface area contributed by atoms with Crippen LogP contribution in [0.4, 0.5) is 9.18 Å². The van der Waals surface area contributed by atoms with Crippen LogP contribution in [-0.4, -0.2) is 60.0 Å². The average molecular weight is 438 g/mol. The Morgan fingerprint density at radius 1 is 1.20 bits per heavy atom. The van der Waals surface area contributed by atoms with E-state index in [2.05, 4.69) is 4.98 Å². The molecule has 1 saturated heterocycles. The van der Waals surface area contributed by atoms with Crippen LogP contribution >= 0.6 is 0 Å². The van der Waals surface area contributed by atoms with Gasteiger partial charge in [-0.1, -0.05) is 12.1 Å². The Morgan fingerprint density at radius 2 is 1.90 bits per heavy atom. The number of halogens is 1. The Balaban J connectivity index is 1.94. The first kappa shape index (κ1) is 22.4. The normalized spacial score (nSPS) is 19.4. The summed E-state index contributed by atoms with van der Waals surface area (Å²) >= 11 is 0. The van der Waals surface area contributed by atoms with Crippen molar-refractivity contribution in [3.63, 3.8) is 0 Å². The van der Waals surface area contributed by atoms with Gasteiger partial charge in [-0.3, -0.25) is 4.98 Å². The summed E-state index contributed by atoms with van der Waals surface area (Å²) in [6.07, 6.45) is 3.22. The van der Waals surface area contributed by atoms with Crippen molar-refractivity contribution >= 4 is 26.9 Å². The van der Waals surface area contributed by atoms with Gasteiger partial charge in [0, 0.05) is 42.6 Å². The lowest BCUT2D eigenvalue weighted by molar-refractivity contribution is 0.0198. The lowest BCUT2D eigenvalue weighted by Gasteiger charge is -2.36. The molecule has 7 nitrogen and oxygen atoms in total. The molecular weight excluding hydrogens is 409 g/mol. The fourth-order valence-electron chi connectivity index (χ4n) is 3.64. The zero-order valence-corrected chi connectivity index (χ0v) is 18.6. The van der Waals surface area contributed by atoms with Crippen molar-refractivity contribution in [3.05, 3.63) is 36.4 Å². The zero-order chi connectivity index (χ0) is 22.1. The highest BCUT2D eigenvalue weighted by Crippen LogP contribution is 2.29. The van der Waals surface area contributed by atoms with Crippen molar-refractivity contribution in [1.82, 2.24) is 14.2 Å². The third-order valence-corrected chi connectivity index (χ3v) is 7.03. The van der Waals surface area contributed by atoms with Crippen LogP contribution in [0.25, 0.3) is 10.8 Å². The highest BCUT2D eigenvalue weighted by atomic mass is 32.2. The van der Waals surface area contributed by atoms with E-state index in [-0.39, 0.29) is 16.8 Å². The number of carbonyl (C=O) groups excluding carboxylic acids is 1. The number of rotatable bonds is 2. The van der Waals surface area contributed by atoms with Gasteiger partial charge in [0.1, 0.15) is 5.60 Å². The highest BCUT2D eigenvalue weighted by molar-refractivity contribution is 7.89. The minimum atomic E-state index is -4.00. The third kappa shape index (κ3) is 4.73. The van der Waals surface area contributed by atoms with Crippen LogP contribution in [-0.2, 0) is 14.8 Å². The number of nitrogens with zero attached hydrogens (tertiary/aromatic N) is 3. The standard InChI is InChI=1S/C21H28FN3O4S/c1-15-14-24(20(26)29-21(2,3)4)10-5-6-11-25(15)30(27,28)18-9-7-8-16-12-23-13-17(22)19(16)18/h7-9,12-13,15H,5-6,10-11,14H2,1-4H3/t15-/m0/s1. The van der Waals surface area contributed by atoms with Gasteiger partial charge in [-0.2, -0.15) is 4.31 Å². The molecule has 0 radical (unpaired) electrons. The predicted molar refractivity (Wildman–Crippen MR) is 112 cm³/mol. The molecule has 2 heterocycles. The first-order valence-electron chi connectivity index (χ1n) is 10.0. The van der Waals surface area contributed by atoms with Gasteiger partial charge in [0.25, 0.3) is 0 Å². The quantitative estimate of drug-likeness (QED) is 0.714. The summed E-state index contributed by atoms with van der Waals surface area (Å²) in [4.78, 5) is 17.8. The summed E-state index contributed by atoms with van der Waals surface area (Å²) in [5, 5.41) is 0.455. The van der Waals surface area contributed by atoms with E-state index in [0.717, 1.165) is 6.20 Å². The number of pyridine rings is 1. The Hall–Kier alpha value is -2.26. The third-order valence-electron chi connectivity index (χ3n) is 4.97. The lowest BCUT2D eigenvalue weighted by atomic mass is 10.2. The summed E-state index contributed by atoms with van der Waals surface area (Å²) < 4.78 is 48.4. The average Bonchev–Trinajstić information content (AvgIpc) is 2.63. The molecule has 1 atom stereocenters. The van der Waals surface area contributed by atoms with Crippen molar-refractivity contribution in [1.29, 1.82) is 0 Å². The molecule has 1 aromatic carbocycles. The maximum atomic E-state index is 14.5. The van der Waals surface area contributed by atoms with Crippen LogP contribution in [0, 0.1) is 5.82 Å². The molecule has 30 heavy (non-hydrogen) atoms. The zero-order valence-electron chi connectivity index (χ0n) is 17.8.